The van der Waals surface area contributed by atoms with Gasteiger partial charge in [0.15, 0.2) is 18.1 Å². The zero-order valence-corrected chi connectivity index (χ0v) is 19.9. The van der Waals surface area contributed by atoms with Crippen molar-refractivity contribution < 1.29 is 28.2 Å². The van der Waals surface area contributed by atoms with Gasteiger partial charge >= 0.3 is 5.97 Å². The van der Waals surface area contributed by atoms with Gasteiger partial charge < -0.3 is 18.6 Å². The summed E-state index contributed by atoms with van der Waals surface area (Å²) in [6.07, 6.45) is 4.95. The van der Waals surface area contributed by atoms with E-state index in [1.54, 1.807) is 48.7 Å². The molecule has 0 bridgehead atoms. The smallest absolute Gasteiger partial charge is 0.330 e. The van der Waals surface area contributed by atoms with Gasteiger partial charge in [0, 0.05) is 17.5 Å². The second-order valence-electron chi connectivity index (χ2n) is 7.58. The molecule has 180 valence electrons. The molecule has 35 heavy (non-hydrogen) atoms. The largest absolute Gasteiger partial charge is 0.493 e. The maximum absolute atomic E-state index is 13.2. The highest BCUT2D eigenvalue weighted by Crippen LogP contribution is 2.34. The highest BCUT2D eigenvalue weighted by Gasteiger charge is 2.35. The van der Waals surface area contributed by atoms with Crippen LogP contribution >= 0.6 is 11.6 Å². The third-order valence-electron chi connectivity index (χ3n) is 5.37. The van der Waals surface area contributed by atoms with Crippen LogP contribution in [0.15, 0.2) is 76.5 Å². The molecule has 0 spiro atoms. The molecule has 1 amide bonds. The second kappa shape index (κ2) is 10.9. The Morgan fingerprint density at radius 3 is 2.63 bits per heavy atom. The van der Waals surface area contributed by atoms with Crippen LogP contribution in [0, 0.1) is 0 Å². The zero-order valence-electron chi connectivity index (χ0n) is 19.1. The van der Waals surface area contributed by atoms with Gasteiger partial charge in [-0.05, 0) is 53.6 Å². The van der Waals surface area contributed by atoms with E-state index in [0.717, 1.165) is 11.3 Å². The van der Waals surface area contributed by atoms with Crippen LogP contribution in [0.25, 0.3) is 6.08 Å². The van der Waals surface area contributed by atoms with E-state index in [2.05, 4.69) is 9.84 Å². The van der Waals surface area contributed by atoms with Gasteiger partial charge in [0.25, 0.3) is 5.91 Å². The number of carbonyl (C=O) groups excluding carboxylic acids is 2. The predicted octanol–water partition coefficient (Wildman–Crippen LogP) is 4.88. The molecule has 1 atom stereocenters. The third-order valence-corrected chi connectivity index (χ3v) is 5.62. The molecular formula is C26H23ClN2O6. The minimum Gasteiger partial charge on any atom is -0.493 e. The molecule has 0 saturated heterocycles. The number of amides is 1. The Bertz CT molecular complexity index is 1250. The Morgan fingerprint density at radius 2 is 1.94 bits per heavy atom. The van der Waals surface area contributed by atoms with E-state index in [-0.39, 0.29) is 18.6 Å². The number of carbonyl (C=O) groups is 2. The van der Waals surface area contributed by atoms with Gasteiger partial charge in [-0.3, -0.25) is 4.79 Å². The minimum absolute atomic E-state index is 0.262. The van der Waals surface area contributed by atoms with Crippen molar-refractivity contribution in [3.8, 4) is 11.5 Å². The van der Waals surface area contributed by atoms with Crippen molar-refractivity contribution in [2.45, 2.75) is 12.5 Å². The number of ether oxygens (including phenoxy) is 3. The summed E-state index contributed by atoms with van der Waals surface area (Å²) >= 11 is 6.01. The van der Waals surface area contributed by atoms with E-state index in [1.165, 1.54) is 25.3 Å². The molecule has 3 aromatic rings. The molecule has 0 radical (unpaired) electrons. The molecule has 1 unspecified atom stereocenters. The maximum Gasteiger partial charge on any atom is 0.330 e. The summed E-state index contributed by atoms with van der Waals surface area (Å²) < 4.78 is 21.3. The first-order valence-corrected chi connectivity index (χ1v) is 11.1. The zero-order chi connectivity index (χ0) is 24.8. The lowest BCUT2D eigenvalue weighted by molar-refractivity contribution is -0.136. The molecule has 0 fully saturated rings. The quantitative estimate of drug-likeness (QED) is 0.327. The van der Waals surface area contributed by atoms with E-state index in [0.29, 0.717) is 34.3 Å². The standard InChI is InChI=1S/C26H23ClN2O6/c1-32-24-14-17(6-12-26(31)33-2)5-11-23(24)35-16-25(30)29-21(22-4-3-13-34-22)15-20(28-29)18-7-9-19(27)10-8-18/h3-14,21H,15-16H2,1-2H3/b12-6+. The highest BCUT2D eigenvalue weighted by atomic mass is 35.5. The fourth-order valence-electron chi connectivity index (χ4n) is 3.60. The summed E-state index contributed by atoms with van der Waals surface area (Å²) in [5.41, 5.74) is 2.33. The first kappa shape index (κ1) is 24.1. The number of methoxy groups -OCH3 is 2. The highest BCUT2D eigenvalue weighted by molar-refractivity contribution is 6.30. The van der Waals surface area contributed by atoms with Crippen molar-refractivity contribution in [3.05, 3.63) is 88.8 Å². The van der Waals surface area contributed by atoms with Gasteiger partial charge in [0.05, 0.1) is 26.2 Å². The summed E-state index contributed by atoms with van der Waals surface area (Å²) in [7, 11) is 2.80. The first-order valence-electron chi connectivity index (χ1n) is 10.7. The molecule has 0 aliphatic carbocycles. The van der Waals surface area contributed by atoms with Crippen molar-refractivity contribution >= 4 is 35.3 Å². The fraction of sp³-hybridized carbons (Fsp3) is 0.192. The maximum atomic E-state index is 13.2. The predicted molar refractivity (Wildman–Crippen MR) is 130 cm³/mol. The number of esters is 1. The van der Waals surface area contributed by atoms with Crippen molar-refractivity contribution in [1.82, 2.24) is 5.01 Å². The van der Waals surface area contributed by atoms with Gasteiger partial charge in [-0.1, -0.05) is 29.8 Å². The minimum atomic E-state index is -0.467. The number of furan rings is 1. The number of halogens is 1. The lowest BCUT2D eigenvalue weighted by atomic mass is 10.0. The van der Waals surface area contributed by atoms with Gasteiger partial charge in [-0.15, -0.1) is 0 Å². The monoisotopic (exact) mass is 494 g/mol. The second-order valence-corrected chi connectivity index (χ2v) is 8.02. The van der Waals surface area contributed by atoms with Crippen LogP contribution in [0.5, 0.6) is 11.5 Å². The van der Waals surface area contributed by atoms with E-state index in [4.69, 9.17) is 25.5 Å². The average Bonchev–Trinajstić information content (AvgIpc) is 3.57. The van der Waals surface area contributed by atoms with Crippen molar-refractivity contribution in [1.29, 1.82) is 0 Å². The molecule has 8 nitrogen and oxygen atoms in total. The Kier molecular flexibility index (Phi) is 7.52. The van der Waals surface area contributed by atoms with Gasteiger partial charge in [-0.25, -0.2) is 9.80 Å². The van der Waals surface area contributed by atoms with Crippen molar-refractivity contribution in [2.24, 2.45) is 5.10 Å². The lowest BCUT2D eigenvalue weighted by Crippen LogP contribution is -2.31. The number of hydrazone groups is 1. The number of benzene rings is 2. The number of rotatable bonds is 8. The van der Waals surface area contributed by atoms with Crippen LogP contribution < -0.4 is 9.47 Å². The normalized spacial score (nSPS) is 15.2. The van der Waals surface area contributed by atoms with Gasteiger partial charge in [-0.2, -0.15) is 5.10 Å². The molecule has 0 N–H and O–H groups in total. The Balaban J connectivity index is 1.50. The average molecular weight is 495 g/mol. The number of hydrogen-bond donors (Lipinski definition) is 0. The molecule has 1 aromatic heterocycles. The van der Waals surface area contributed by atoms with E-state index >= 15 is 0 Å². The Morgan fingerprint density at radius 1 is 1.14 bits per heavy atom. The summed E-state index contributed by atoms with van der Waals surface area (Å²) in [6.45, 7) is -0.262. The van der Waals surface area contributed by atoms with Crippen molar-refractivity contribution in [3.63, 3.8) is 0 Å². The first-order chi connectivity index (χ1) is 17.0. The van der Waals surface area contributed by atoms with Crippen LogP contribution in [0.2, 0.25) is 5.02 Å². The van der Waals surface area contributed by atoms with E-state index < -0.39 is 5.97 Å². The van der Waals surface area contributed by atoms with Gasteiger partial charge in [0.1, 0.15) is 11.8 Å². The van der Waals surface area contributed by atoms with Crippen LogP contribution in [0.1, 0.15) is 29.3 Å². The van der Waals surface area contributed by atoms with Crippen LogP contribution in [-0.4, -0.2) is 43.4 Å². The molecule has 1 aliphatic heterocycles. The summed E-state index contributed by atoms with van der Waals surface area (Å²) in [5, 5.41) is 6.59. The molecule has 1 aliphatic rings. The molecule has 9 heteroatoms. The van der Waals surface area contributed by atoms with E-state index in [9.17, 15) is 9.59 Å². The topological polar surface area (TPSA) is 90.6 Å². The SMILES string of the molecule is COC(=O)/C=C/c1ccc(OCC(=O)N2N=C(c3ccc(Cl)cc3)CC2c2ccco2)c(OC)c1. The molecular weight excluding hydrogens is 472 g/mol. The van der Waals surface area contributed by atoms with Crippen molar-refractivity contribution in [2.75, 3.05) is 20.8 Å². The fourth-order valence-corrected chi connectivity index (χ4v) is 3.73. The molecule has 0 saturated carbocycles. The van der Waals surface area contributed by atoms with Crippen LogP contribution in [0.3, 0.4) is 0 Å². The molecule has 2 aromatic carbocycles. The summed E-state index contributed by atoms with van der Waals surface area (Å²) in [4.78, 5) is 24.5. The number of nitrogens with zero attached hydrogens (tertiary/aromatic N) is 2. The lowest BCUT2D eigenvalue weighted by Gasteiger charge is -2.20. The Hall–Kier alpha value is -4.04. The number of hydrogen-bond acceptors (Lipinski definition) is 7. The third kappa shape index (κ3) is 5.73. The van der Waals surface area contributed by atoms with Crippen LogP contribution in [-0.2, 0) is 14.3 Å². The Labute approximate surface area is 207 Å². The molecule has 4 rings (SSSR count). The summed E-state index contributed by atoms with van der Waals surface area (Å²) in [5.74, 6) is 0.619. The summed E-state index contributed by atoms with van der Waals surface area (Å²) in [6, 6.07) is 15.6. The van der Waals surface area contributed by atoms with E-state index in [1.807, 2.05) is 18.2 Å². The van der Waals surface area contributed by atoms with Crippen LogP contribution in [0.4, 0.5) is 0 Å². The van der Waals surface area contributed by atoms with Gasteiger partial charge in [0.2, 0.25) is 0 Å². The molecule has 2 heterocycles.